The van der Waals surface area contributed by atoms with Gasteiger partial charge >= 0.3 is 0 Å². The highest BCUT2D eigenvalue weighted by Crippen LogP contribution is 2.30. The van der Waals surface area contributed by atoms with Crippen LogP contribution in [0.2, 0.25) is 0 Å². The van der Waals surface area contributed by atoms with Gasteiger partial charge in [-0.15, -0.1) is 0 Å². The Labute approximate surface area is 117 Å². The predicted molar refractivity (Wildman–Crippen MR) is 77.7 cm³/mol. The summed E-state index contributed by atoms with van der Waals surface area (Å²) in [4.78, 5) is 14.2. The van der Waals surface area contributed by atoms with Gasteiger partial charge in [0.2, 0.25) is 5.91 Å². The van der Waals surface area contributed by atoms with Crippen LogP contribution < -0.4 is 5.73 Å². The third kappa shape index (κ3) is 5.49. The fourth-order valence-electron chi connectivity index (χ4n) is 2.95. The van der Waals surface area contributed by atoms with Gasteiger partial charge in [0.15, 0.2) is 0 Å². The number of aliphatic hydroxyl groups excluding tert-OH is 1. The molecule has 0 saturated heterocycles. The third-order valence-corrected chi connectivity index (χ3v) is 4.26. The van der Waals surface area contributed by atoms with E-state index in [4.69, 9.17) is 10.8 Å². The van der Waals surface area contributed by atoms with Crippen LogP contribution >= 0.6 is 0 Å². The molecule has 112 valence electrons. The van der Waals surface area contributed by atoms with Crippen LogP contribution in [-0.4, -0.2) is 41.7 Å². The lowest BCUT2D eigenvalue weighted by Gasteiger charge is -2.31. The van der Waals surface area contributed by atoms with E-state index in [0.29, 0.717) is 31.2 Å². The van der Waals surface area contributed by atoms with E-state index in [-0.39, 0.29) is 18.6 Å². The fraction of sp³-hybridized carbons (Fsp3) is 0.933. The number of rotatable bonds is 7. The maximum Gasteiger partial charge on any atom is 0.223 e. The molecule has 0 aromatic carbocycles. The Morgan fingerprint density at radius 1 is 1.26 bits per heavy atom. The van der Waals surface area contributed by atoms with E-state index in [9.17, 15) is 4.79 Å². The zero-order chi connectivity index (χ0) is 14.3. The maximum absolute atomic E-state index is 12.3. The number of amides is 1. The van der Waals surface area contributed by atoms with Gasteiger partial charge in [-0.2, -0.15) is 0 Å². The molecule has 4 heteroatoms. The van der Waals surface area contributed by atoms with Crippen LogP contribution in [0.1, 0.15) is 52.4 Å². The Kier molecular flexibility index (Phi) is 7.39. The lowest BCUT2D eigenvalue weighted by Crippen LogP contribution is -2.39. The molecule has 1 aliphatic carbocycles. The van der Waals surface area contributed by atoms with Crippen molar-refractivity contribution in [1.29, 1.82) is 0 Å². The van der Waals surface area contributed by atoms with Crippen molar-refractivity contribution in [2.75, 3.05) is 19.7 Å². The van der Waals surface area contributed by atoms with Crippen LogP contribution in [0.4, 0.5) is 0 Å². The minimum absolute atomic E-state index is 0.151. The Morgan fingerprint density at radius 2 is 1.84 bits per heavy atom. The molecular weight excluding hydrogens is 240 g/mol. The molecule has 0 spiro atoms. The summed E-state index contributed by atoms with van der Waals surface area (Å²) in [6.07, 6.45) is 5.96. The van der Waals surface area contributed by atoms with Gasteiger partial charge in [-0.3, -0.25) is 4.79 Å². The molecule has 0 radical (unpaired) electrons. The Bertz CT molecular complexity index is 261. The van der Waals surface area contributed by atoms with E-state index in [2.05, 4.69) is 0 Å². The first kappa shape index (κ1) is 16.4. The maximum atomic E-state index is 12.3. The minimum Gasteiger partial charge on any atom is -0.396 e. The molecule has 1 rings (SSSR count). The highest BCUT2D eigenvalue weighted by atomic mass is 16.3. The van der Waals surface area contributed by atoms with Crippen LogP contribution in [0, 0.1) is 11.8 Å². The van der Waals surface area contributed by atoms with Crippen LogP contribution in [-0.2, 0) is 4.79 Å². The number of hydrogen-bond donors (Lipinski definition) is 2. The van der Waals surface area contributed by atoms with E-state index >= 15 is 0 Å². The number of nitrogens with two attached hydrogens (primary N) is 1. The SMILES string of the molecule is CC(C)N(CCCO)C(=O)CC1CCC(CN)CC1. The Balaban J connectivity index is 2.39. The largest absolute Gasteiger partial charge is 0.396 e. The van der Waals surface area contributed by atoms with E-state index in [1.54, 1.807) is 0 Å². The van der Waals surface area contributed by atoms with Crippen LogP contribution in [0.25, 0.3) is 0 Å². The Hall–Kier alpha value is -0.610. The van der Waals surface area contributed by atoms with Crippen molar-refractivity contribution in [3.8, 4) is 0 Å². The normalized spacial score (nSPS) is 23.6. The minimum atomic E-state index is 0.151. The number of hydrogen-bond acceptors (Lipinski definition) is 3. The molecular formula is C15H30N2O2. The molecule has 19 heavy (non-hydrogen) atoms. The zero-order valence-electron chi connectivity index (χ0n) is 12.5. The standard InChI is InChI=1S/C15H30N2O2/c1-12(2)17(8-3-9-18)15(19)10-13-4-6-14(11-16)7-5-13/h12-14,18H,3-11,16H2,1-2H3. The quantitative estimate of drug-likeness (QED) is 0.741. The molecule has 0 bridgehead atoms. The summed E-state index contributed by atoms with van der Waals surface area (Å²) in [6.45, 7) is 5.69. The number of aliphatic hydroxyl groups is 1. The molecule has 0 atom stereocenters. The van der Waals surface area contributed by atoms with Crippen LogP contribution in [0.5, 0.6) is 0 Å². The number of carbonyl (C=O) groups excluding carboxylic acids is 1. The fourth-order valence-corrected chi connectivity index (χ4v) is 2.95. The zero-order valence-corrected chi connectivity index (χ0v) is 12.5. The van der Waals surface area contributed by atoms with Gasteiger partial charge in [0.25, 0.3) is 0 Å². The molecule has 3 N–H and O–H groups in total. The summed E-state index contributed by atoms with van der Waals surface area (Å²) in [6, 6.07) is 0.222. The predicted octanol–water partition coefficient (Wildman–Crippen LogP) is 1.76. The first-order valence-corrected chi connectivity index (χ1v) is 7.68. The lowest BCUT2D eigenvalue weighted by atomic mass is 9.80. The molecule has 0 aliphatic heterocycles. The number of carbonyl (C=O) groups is 1. The topological polar surface area (TPSA) is 66.6 Å². The molecule has 0 aromatic rings. The highest BCUT2D eigenvalue weighted by molar-refractivity contribution is 5.76. The molecule has 1 aliphatic rings. The first-order valence-electron chi connectivity index (χ1n) is 7.68. The summed E-state index contributed by atoms with van der Waals surface area (Å²) in [5.41, 5.74) is 5.69. The van der Waals surface area contributed by atoms with E-state index < -0.39 is 0 Å². The van der Waals surface area contributed by atoms with Gasteiger partial charge in [-0.1, -0.05) is 0 Å². The summed E-state index contributed by atoms with van der Waals surface area (Å²) in [5, 5.41) is 8.91. The molecule has 1 amide bonds. The average Bonchev–Trinajstić information content (AvgIpc) is 2.39. The molecule has 0 heterocycles. The van der Waals surface area contributed by atoms with Gasteiger partial charge in [0.1, 0.15) is 0 Å². The lowest BCUT2D eigenvalue weighted by molar-refractivity contribution is -0.134. The van der Waals surface area contributed by atoms with Gasteiger partial charge in [-0.25, -0.2) is 0 Å². The van der Waals surface area contributed by atoms with Gasteiger partial charge < -0.3 is 15.7 Å². The monoisotopic (exact) mass is 270 g/mol. The van der Waals surface area contributed by atoms with Gasteiger partial charge in [-0.05, 0) is 64.3 Å². The second-order valence-electron chi connectivity index (χ2n) is 6.08. The first-order chi connectivity index (χ1) is 9.08. The molecule has 1 saturated carbocycles. The van der Waals surface area contributed by atoms with Gasteiger partial charge in [0, 0.05) is 25.6 Å². The van der Waals surface area contributed by atoms with Crippen molar-refractivity contribution in [3.05, 3.63) is 0 Å². The second kappa shape index (κ2) is 8.54. The third-order valence-electron chi connectivity index (χ3n) is 4.26. The van der Waals surface area contributed by atoms with Crippen molar-refractivity contribution in [2.45, 2.75) is 58.4 Å². The van der Waals surface area contributed by atoms with Crippen molar-refractivity contribution in [2.24, 2.45) is 17.6 Å². The molecule has 0 unspecified atom stereocenters. The van der Waals surface area contributed by atoms with E-state index in [1.165, 1.54) is 12.8 Å². The average molecular weight is 270 g/mol. The van der Waals surface area contributed by atoms with Crippen LogP contribution in [0.15, 0.2) is 0 Å². The second-order valence-corrected chi connectivity index (χ2v) is 6.08. The van der Waals surface area contributed by atoms with Crippen LogP contribution in [0.3, 0.4) is 0 Å². The summed E-state index contributed by atoms with van der Waals surface area (Å²) < 4.78 is 0. The van der Waals surface area contributed by atoms with Gasteiger partial charge in [0.05, 0.1) is 0 Å². The van der Waals surface area contributed by atoms with E-state index in [1.807, 2.05) is 18.7 Å². The Morgan fingerprint density at radius 3 is 2.32 bits per heavy atom. The number of nitrogens with zero attached hydrogens (tertiary/aromatic N) is 1. The van der Waals surface area contributed by atoms with Crippen molar-refractivity contribution in [3.63, 3.8) is 0 Å². The smallest absolute Gasteiger partial charge is 0.223 e. The highest BCUT2D eigenvalue weighted by Gasteiger charge is 2.25. The summed E-state index contributed by atoms with van der Waals surface area (Å²) >= 11 is 0. The van der Waals surface area contributed by atoms with Crippen molar-refractivity contribution >= 4 is 5.91 Å². The van der Waals surface area contributed by atoms with Crippen molar-refractivity contribution < 1.29 is 9.90 Å². The summed E-state index contributed by atoms with van der Waals surface area (Å²) in [5.74, 6) is 1.45. The molecule has 4 nitrogen and oxygen atoms in total. The van der Waals surface area contributed by atoms with E-state index in [0.717, 1.165) is 19.4 Å². The van der Waals surface area contributed by atoms with Crippen molar-refractivity contribution in [1.82, 2.24) is 4.90 Å². The molecule has 1 fully saturated rings. The molecule has 0 aromatic heterocycles. The summed E-state index contributed by atoms with van der Waals surface area (Å²) in [7, 11) is 0.